The Morgan fingerprint density at radius 2 is 1.90 bits per heavy atom. The van der Waals surface area contributed by atoms with Crippen molar-refractivity contribution >= 4 is 35.6 Å². The third-order valence-electron chi connectivity index (χ3n) is 5.31. The summed E-state index contributed by atoms with van der Waals surface area (Å²) in [5.74, 6) is 3.36. The lowest BCUT2D eigenvalue weighted by atomic mass is 9.96. The average Bonchev–Trinajstić information content (AvgIpc) is 3.28. The van der Waals surface area contributed by atoms with Gasteiger partial charge in [-0.25, -0.2) is 4.99 Å². The Balaban J connectivity index is 0.00000240. The topological polar surface area (TPSA) is 97.3 Å². The zero-order chi connectivity index (χ0) is 19.3. The molecule has 0 atom stereocenters. The average molecular weight is 509 g/mol. The van der Waals surface area contributed by atoms with Gasteiger partial charge in [0.15, 0.2) is 23.3 Å². The fourth-order valence-electron chi connectivity index (χ4n) is 3.51. The molecule has 3 aromatic heterocycles. The molecule has 0 aliphatic heterocycles. The Bertz CT molecular complexity index is 956. The molecule has 1 fully saturated rings. The van der Waals surface area contributed by atoms with Crippen molar-refractivity contribution in [1.82, 2.24) is 40.0 Å². The van der Waals surface area contributed by atoms with Crippen LogP contribution in [0.15, 0.2) is 29.4 Å². The van der Waals surface area contributed by atoms with E-state index in [1.165, 1.54) is 32.1 Å². The summed E-state index contributed by atoms with van der Waals surface area (Å²) in [6, 6.07) is 6.34. The smallest absolute Gasteiger partial charge is 0.192 e. The van der Waals surface area contributed by atoms with Crippen LogP contribution in [0.1, 0.15) is 49.6 Å². The third kappa shape index (κ3) is 5.22. The number of aryl methyl sites for hydroxylation is 1. The van der Waals surface area contributed by atoms with Crippen LogP contribution in [0.2, 0.25) is 0 Å². The summed E-state index contributed by atoms with van der Waals surface area (Å²) in [4.78, 5) is 4.76. The highest BCUT2D eigenvalue weighted by Gasteiger charge is 2.15. The number of nitrogens with zero attached hydrogens (tertiary/aromatic N) is 7. The summed E-state index contributed by atoms with van der Waals surface area (Å²) in [6.07, 6.45) is 8.18. The Morgan fingerprint density at radius 3 is 2.66 bits per heavy atom. The largest absolute Gasteiger partial charge is 0.354 e. The van der Waals surface area contributed by atoms with Crippen molar-refractivity contribution in [2.45, 2.75) is 58.2 Å². The lowest BCUT2D eigenvalue weighted by Crippen LogP contribution is -2.44. The van der Waals surface area contributed by atoms with E-state index in [9.17, 15) is 0 Å². The summed E-state index contributed by atoms with van der Waals surface area (Å²) in [5.41, 5.74) is 0.840. The maximum Gasteiger partial charge on any atom is 0.192 e. The zero-order valence-electron chi connectivity index (χ0n) is 16.9. The van der Waals surface area contributed by atoms with E-state index in [4.69, 9.17) is 4.99 Å². The molecular formula is C19H28IN9. The van der Waals surface area contributed by atoms with E-state index in [1.54, 1.807) is 0 Å². The minimum Gasteiger partial charge on any atom is -0.354 e. The van der Waals surface area contributed by atoms with Gasteiger partial charge in [0.05, 0.1) is 6.54 Å². The number of pyridine rings is 1. The first-order valence-electron chi connectivity index (χ1n) is 9.89. The molecule has 1 aliphatic rings. The van der Waals surface area contributed by atoms with Gasteiger partial charge in [-0.05, 0) is 31.9 Å². The molecule has 0 bridgehead atoms. The lowest BCUT2D eigenvalue weighted by Gasteiger charge is -2.25. The SMILES string of the molecule is Cc1nnc(CN=C(NCc2nnc3ccccn23)NC2CCCCC2)n1C.I. The van der Waals surface area contributed by atoms with Gasteiger partial charge in [-0.3, -0.25) is 4.40 Å². The van der Waals surface area contributed by atoms with Gasteiger partial charge in [0.2, 0.25) is 0 Å². The van der Waals surface area contributed by atoms with Crippen molar-refractivity contribution in [1.29, 1.82) is 0 Å². The summed E-state index contributed by atoms with van der Waals surface area (Å²) >= 11 is 0. The predicted molar refractivity (Wildman–Crippen MR) is 122 cm³/mol. The van der Waals surface area contributed by atoms with Gasteiger partial charge in [-0.1, -0.05) is 25.3 Å². The molecular weight excluding hydrogens is 481 g/mol. The van der Waals surface area contributed by atoms with Gasteiger partial charge in [-0.15, -0.1) is 44.4 Å². The molecule has 156 valence electrons. The van der Waals surface area contributed by atoms with E-state index < -0.39 is 0 Å². The fourth-order valence-corrected chi connectivity index (χ4v) is 3.51. The van der Waals surface area contributed by atoms with Gasteiger partial charge in [0, 0.05) is 19.3 Å². The second-order valence-electron chi connectivity index (χ2n) is 7.27. The highest BCUT2D eigenvalue weighted by atomic mass is 127. The van der Waals surface area contributed by atoms with Crippen molar-refractivity contribution in [2.24, 2.45) is 12.0 Å². The van der Waals surface area contributed by atoms with E-state index in [0.29, 0.717) is 19.1 Å². The number of fused-ring (bicyclic) bond motifs is 1. The molecule has 0 aromatic carbocycles. The van der Waals surface area contributed by atoms with Crippen LogP contribution >= 0.6 is 24.0 Å². The number of guanidine groups is 1. The minimum atomic E-state index is 0. The van der Waals surface area contributed by atoms with Crippen molar-refractivity contribution in [3.8, 4) is 0 Å². The number of nitrogens with one attached hydrogen (secondary N) is 2. The van der Waals surface area contributed by atoms with Gasteiger partial charge in [-0.2, -0.15) is 0 Å². The van der Waals surface area contributed by atoms with Gasteiger partial charge in [0.1, 0.15) is 12.4 Å². The molecule has 9 nitrogen and oxygen atoms in total. The second kappa shape index (κ2) is 9.99. The molecule has 0 saturated heterocycles. The first-order valence-corrected chi connectivity index (χ1v) is 9.89. The molecule has 3 heterocycles. The molecule has 0 spiro atoms. The number of aromatic nitrogens is 6. The van der Waals surface area contributed by atoms with Crippen LogP contribution in [0.3, 0.4) is 0 Å². The number of hydrogen-bond donors (Lipinski definition) is 2. The van der Waals surface area contributed by atoms with Gasteiger partial charge < -0.3 is 15.2 Å². The van der Waals surface area contributed by atoms with Crippen molar-refractivity contribution in [3.63, 3.8) is 0 Å². The number of halogens is 1. The van der Waals surface area contributed by atoms with Gasteiger partial charge in [0.25, 0.3) is 0 Å². The van der Waals surface area contributed by atoms with Crippen LogP contribution < -0.4 is 10.6 Å². The molecule has 0 radical (unpaired) electrons. The number of hydrogen-bond acceptors (Lipinski definition) is 5. The monoisotopic (exact) mass is 509 g/mol. The Morgan fingerprint density at radius 1 is 1.10 bits per heavy atom. The first kappa shape index (κ1) is 21.5. The molecule has 1 saturated carbocycles. The zero-order valence-corrected chi connectivity index (χ0v) is 19.2. The molecule has 0 amide bonds. The van der Waals surface area contributed by atoms with Crippen LogP contribution in [-0.2, 0) is 20.1 Å². The maximum absolute atomic E-state index is 4.76. The van der Waals surface area contributed by atoms with Crippen LogP contribution in [-0.4, -0.2) is 41.4 Å². The van der Waals surface area contributed by atoms with E-state index >= 15 is 0 Å². The highest BCUT2D eigenvalue weighted by molar-refractivity contribution is 14.0. The third-order valence-corrected chi connectivity index (χ3v) is 5.31. The van der Waals surface area contributed by atoms with Crippen LogP contribution in [0.25, 0.3) is 5.65 Å². The summed E-state index contributed by atoms with van der Waals surface area (Å²) in [7, 11) is 1.96. The number of rotatable bonds is 5. The van der Waals surface area contributed by atoms with E-state index in [0.717, 1.165) is 29.1 Å². The van der Waals surface area contributed by atoms with Crippen molar-refractivity contribution in [2.75, 3.05) is 0 Å². The molecule has 10 heteroatoms. The second-order valence-corrected chi connectivity index (χ2v) is 7.27. The highest BCUT2D eigenvalue weighted by Crippen LogP contribution is 2.17. The molecule has 4 rings (SSSR count). The Hall–Kier alpha value is -2.24. The summed E-state index contributed by atoms with van der Waals surface area (Å²) in [5, 5.41) is 23.8. The summed E-state index contributed by atoms with van der Waals surface area (Å²) < 4.78 is 3.95. The van der Waals surface area contributed by atoms with Crippen molar-refractivity contribution in [3.05, 3.63) is 41.9 Å². The summed E-state index contributed by atoms with van der Waals surface area (Å²) in [6.45, 7) is 2.96. The Labute approximate surface area is 187 Å². The maximum atomic E-state index is 4.76. The van der Waals surface area contributed by atoms with Crippen molar-refractivity contribution < 1.29 is 0 Å². The molecule has 2 N–H and O–H groups in total. The van der Waals surface area contributed by atoms with Crippen LogP contribution in [0, 0.1) is 6.92 Å². The quantitative estimate of drug-likeness (QED) is 0.312. The normalized spacial score (nSPS) is 15.3. The predicted octanol–water partition coefficient (Wildman–Crippen LogP) is 2.35. The standard InChI is InChI=1S/C19H27N9.HI/c1-14-23-25-17(27(14)2)12-20-19(22-15-8-4-3-5-9-15)21-13-18-26-24-16-10-6-7-11-28(16)18;/h6-7,10-11,15H,3-5,8-9,12-13H2,1-2H3,(H2,20,21,22);1H. The van der Waals surface area contributed by atoms with E-state index in [2.05, 4.69) is 31.0 Å². The Kier molecular flexibility index (Phi) is 7.40. The molecule has 0 unspecified atom stereocenters. The first-order chi connectivity index (χ1) is 13.7. The van der Waals surface area contributed by atoms with Crippen LogP contribution in [0.5, 0.6) is 0 Å². The van der Waals surface area contributed by atoms with E-state index in [1.807, 2.05) is 47.3 Å². The van der Waals surface area contributed by atoms with Crippen LogP contribution in [0.4, 0.5) is 0 Å². The minimum absolute atomic E-state index is 0. The van der Waals surface area contributed by atoms with E-state index in [-0.39, 0.29) is 24.0 Å². The number of aliphatic imine (C=N–C) groups is 1. The molecule has 29 heavy (non-hydrogen) atoms. The lowest BCUT2D eigenvalue weighted by molar-refractivity contribution is 0.409. The van der Waals surface area contributed by atoms with Gasteiger partial charge >= 0.3 is 0 Å². The molecule has 1 aliphatic carbocycles. The molecule has 3 aromatic rings. The fraction of sp³-hybridized carbons (Fsp3) is 0.526.